The Kier molecular flexibility index (Phi) is 6.19. The molecule has 0 radical (unpaired) electrons. The first-order valence-corrected chi connectivity index (χ1v) is 8.14. The summed E-state index contributed by atoms with van der Waals surface area (Å²) in [6, 6.07) is 10.4. The van der Waals surface area contributed by atoms with Crippen LogP contribution in [0.5, 0.6) is 11.5 Å². The van der Waals surface area contributed by atoms with Crippen molar-refractivity contribution in [3.63, 3.8) is 0 Å². The van der Waals surface area contributed by atoms with Gasteiger partial charge in [-0.25, -0.2) is 0 Å². The van der Waals surface area contributed by atoms with Crippen LogP contribution in [0.3, 0.4) is 0 Å². The first-order chi connectivity index (χ1) is 10.3. The number of benzene rings is 2. The second-order valence-electron chi connectivity index (χ2n) is 5.10. The Bertz CT molecular complexity index is 581. The van der Waals surface area contributed by atoms with Gasteiger partial charge in [0.1, 0.15) is 11.5 Å². The van der Waals surface area contributed by atoms with Gasteiger partial charge in [0.2, 0.25) is 0 Å². The molecule has 2 aromatic rings. The van der Waals surface area contributed by atoms with Crippen LogP contribution < -0.4 is 9.47 Å². The SMILES string of the molecule is CCOc1ccc2cc(OCCCCCCl)ccc2c1C. The summed E-state index contributed by atoms with van der Waals surface area (Å²) in [5.74, 6) is 2.62. The molecule has 3 heteroatoms. The van der Waals surface area contributed by atoms with E-state index in [0.717, 1.165) is 43.2 Å². The Hall–Kier alpha value is -1.41. The van der Waals surface area contributed by atoms with Crippen LogP contribution in [-0.2, 0) is 0 Å². The average Bonchev–Trinajstić information content (AvgIpc) is 2.50. The van der Waals surface area contributed by atoms with Gasteiger partial charge in [0.25, 0.3) is 0 Å². The summed E-state index contributed by atoms with van der Waals surface area (Å²) >= 11 is 5.66. The molecule has 0 aliphatic rings. The highest BCUT2D eigenvalue weighted by molar-refractivity contribution is 6.17. The minimum absolute atomic E-state index is 0.690. The van der Waals surface area contributed by atoms with Crippen LogP contribution in [0.25, 0.3) is 10.8 Å². The third-order valence-corrected chi connectivity index (χ3v) is 3.82. The van der Waals surface area contributed by atoms with E-state index in [2.05, 4.69) is 25.1 Å². The zero-order chi connectivity index (χ0) is 15.1. The number of ether oxygens (including phenoxy) is 2. The number of fused-ring (bicyclic) bond motifs is 1. The van der Waals surface area contributed by atoms with Crippen LogP contribution in [0.4, 0.5) is 0 Å². The summed E-state index contributed by atoms with van der Waals surface area (Å²) in [6.07, 6.45) is 3.23. The second kappa shape index (κ2) is 8.14. The van der Waals surface area contributed by atoms with Gasteiger partial charge >= 0.3 is 0 Å². The normalized spacial score (nSPS) is 10.8. The van der Waals surface area contributed by atoms with E-state index < -0.39 is 0 Å². The fraction of sp³-hybridized carbons (Fsp3) is 0.444. The molecule has 0 aromatic heterocycles. The van der Waals surface area contributed by atoms with Crippen molar-refractivity contribution < 1.29 is 9.47 Å². The number of hydrogen-bond donors (Lipinski definition) is 0. The molecule has 2 rings (SSSR count). The molecule has 2 aromatic carbocycles. The van der Waals surface area contributed by atoms with Crippen molar-refractivity contribution in [2.24, 2.45) is 0 Å². The maximum atomic E-state index is 5.80. The molecular formula is C18H23ClO2. The molecule has 21 heavy (non-hydrogen) atoms. The molecule has 2 nitrogen and oxygen atoms in total. The van der Waals surface area contributed by atoms with E-state index in [1.54, 1.807) is 0 Å². The molecule has 0 saturated carbocycles. The molecule has 0 amide bonds. The number of rotatable bonds is 8. The lowest BCUT2D eigenvalue weighted by molar-refractivity contribution is 0.307. The van der Waals surface area contributed by atoms with Crippen molar-refractivity contribution in [1.82, 2.24) is 0 Å². The van der Waals surface area contributed by atoms with E-state index in [4.69, 9.17) is 21.1 Å². The first-order valence-electron chi connectivity index (χ1n) is 7.61. The van der Waals surface area contributed by atoms with Crippen LogP contribution in [0.2, 0.25) is 0 Å². The maximum absolute atomic E-state index is 5.80. The predicted octanol–water partition coefficient (Wildman–Crippen LogP) is 5.33. The Morgan fingerprint density at radius 1 is 1.00 bits per heavy atom. The summed E-state index contributed by atoms with van der Waals surface area (Å²) in [4.78, 5) is 0. The van der Waals surface area contributed by atoms with E-state index in [9.17, 15) is 0 Å². The Morgan fingerprint density at radius 2 is 1.86 bits per heavy atom. The quantitative estimate of drug-likeness (QED) is 0.484. The lowest BCUT2D eigenvalue weighted by atomic mass is 10.0. The predicted molar refractivity (Wildman–Crippen MR) is 89.9 cm³/mol. The number of halogens is 1. The van der Waals surface area contributed by atoms with Crippen LogP contribution in [0, 0.1) is 6.92 Å². The highest BCUT2D eigenvalue weighted by atomic mass is 35.5. The van der Waals surface area contributed by atoms with Gasteiger partial charge in [-0.2, -0.15) is 0 Å². The molecule has 0 spiro atoms. The number of hydrogen-bond acceptors (Lipinski definition) is 2. The summed E-state index contributed by atoms with van der Waals surface area (Å²) < 4.78 is 11.4. The van der Waals surface area contributed by atoms with Gasteiger partial charge in [-0.05, 0) is 67.6 Å². The maximum Gasteiger partial charge on any atom is 0.122 e. The number of unbranched alkanes of at least 4 members (excludes halogenated alkanes) is 2. The second-order valence-corrected chi connectivity index (χ2v) is 5.48. The van der Waals surface area contributed by atoms with Gasteiger partial charge in [-0.15, -0.1) is 11.6 Å². The molecule has 0 fully saturated rings. The summed E-state index contributed by atoms with van der Waals surface area (Å²) in [7, 11) is 0. The molecular weight excluding hydrogens is 284 g/mol. The highest BCUT2D eigenvalue weighted by Crippen LogP contribution is 2.29. The van der Waals surface area contributed by atoms with E-state index in [-0.39, 0.29) is 0 Å². The smallest absolute Gasteiger partial charge is 0.122 e. The van der Waals surface area contributed by atoms with Crippen molar-refractivity contribution in [2.75, 3.05) is 19.1 Å². The van der Waals surface area contributed by atoms with Gasteiger partial charge < -0.3 is 9.47 Å². The molecule has 0 atom stereocenters. The molecule has 0 heterocycles. The van der Waals surface area contributed by atoms with E-state index in [1.165, 1.54) is 16.3 Å². The van der Waals surface area contributed by atoms with Crippen molar-refractivity contribution in [3.05, 3.63) is 35.9 Å². The molecule has 0 unspecified atom stereocenters. The molecule has 0 bridgehead atoms. The van der Waals surface area contributed by atoms with Gasteiger partial charge in [0.05, 0.1) is 13.2 Å². The third-order valence-electron chi connectivity index (χ3n) is 3.56. The van der Waals surface area contributed by atoms with Crippen LogP contribution in [0.1, 0.15) is 31.7 Å². The van der Waals surface area contributed by atoms with Crippen molar-refractivity contribution in [3.8, 4) is 11.5 Å². The summed E-state index contributed by atoms with van der Waals surface area (Å²) in [5.41, 5.74) is 1.18. The van der Waals surface area contributed by atoms with E-state index >= 15 is 0 Å². The molecule has 0 aliphatic heterocycles. The minimum atomic E-state index is 0.690. The molecule has 0 N–H and O–H groups in total. The zero-order valence-corrected chi connectivity index (χ0v) is 13.6. The van der Waals surface area contributed by atoms with Crippen molar-refractivity contribution in [2.45, 2.75) is 33.1 Å². The fourth-order valence-corrected chi connectivity index (χ4v) is 2.60. The lowest BCUT2D eigenvalue weighted by Crippen LogP contribution is -1.98. The summed E-state index contributed by atoms with van der Waals surface area (Å²) in [5, 5.41) is 2.41. The average molecular weight is 307 g/mol. The Balaban J connectivity index is 2.06. The van der Waals surface area contributed by atoms with Crippen LogP contribution >= 0.6 is 11.6 Å². The van der Waals surface area contributed by atoms with Crippen LogP contribution in [-0.4, -0.2) is 19.1 Å². The Morgan fingerprint density at radius 3 is 2.62 bits per heavy atom. The molecule has 114 valence electrons. The summed E-state index contributed by atoms with van der Waals surface area (Å²) in [6.45, 7) is 5.54. The van der Waals surface area contributed by atoms with Crippen LogP contribution in [0.15, 0.2) is 30.3 Å². The highest BCUT2D eigenvalue weighted by Gasteiger charge is 2.05. The Labute approximate surface area is 132 Å². The lowest BCUT2D eigenvalue weighted by Gasteiger charge is -2.11. The largest absolute Gasteiger partial charge is 0.494 e. The van der Waals surface area contributed by atoms with Gasteiger partial charge in [0, 0.05) is 5.88 Å². The monoisotopic (exact) mass is 306 g/mol. The topological polar surface area (TPSA) is 18.5 Å². The van der Waals surface area contributed by atoms with Crippen molar-refractivity contribution in [1.29, 1.82) is 0 Å². The number of alkyl halides is 1. The van der Waals surface area contributed by atoms with E-state index in [0.29, 0.717) is 6.61 Å². The van der Waals surface area contributed by atoms with Gasteiger partial charge in [0.15, 0.2) is 0 Å². The van der Waals surface area contributed by atoms with Gasteiger partial charge in [-0.1, -0.05) is 12.1 Å². The third kappa shape index (κ3) is 4.28. The zero-order valence-electron chi connectivity index (χ0n) is 12.8. The molecule has 0 aliphatic carbocycles. The molecule has 0 saturated heterocycles. The standard InChI is InChI=1S/C18H23ClO2/c1-3-20-18-10-7-15-13-16(8-9-17(15)14(18)2)21-12-6-4-5-11-19/h7-10,13H,3-6,11-12H2,1-2H3. The van der Waals surface area contributed by atoms with Gasteiger partial charge in [-0.3, -0.25) is 0 Å². The minimum Gasteiger partial charge on any atom is -0.494 e. The first kappa shape index (κ1) is 16.0. The fourth-order valence-electron chi connectivity index (χ4n) is 2.41. The number of aryl methyl sites for hydroxylation is 1. The van der Waals surface area contributed by atoms with E-state index in [1.807, 2.05) is 19.1 Å². The van der Waals surface area contributed by atoms with Crippen molar-refractivity contribution >= 4 is 22.4 Å².